The van der Waals surface area contributed by atoms with Crippen molar-refractivity contribution in [2.75, 3.05) is 12.1 Å². The maximum Gasteiger partial charge on any atom is 0.190 e. The normalized spacial score (nSPS) is 21.2. The molecular weight excluding hydrogens is 282 g/mol. The molecule has 1 aliphatic rings. The highest BCUT2D eigenvalue weighted by Crippen LogP contribution is 2.27. The van der Waals surface area contributed by atoms with E-state index in [0.717, 1.165) is 17.0 Å². The number of hydrogen-bond donors (Lipinski definition) is 2. The summed E-state index contributed by atoms with van der Waals surface area (Å²) in [5.41, 5.74) is 5.10. The van der Waals surface area contributed by atoms with E-state index in [2.05, 4.69) is 29.8 Å². The van der Waals surface area contributed by atoms with Crippen LogP contribution in [0.2, 0.25) is 0 Å². The van der Waals surface area contributed by atoms with Crippen LogP contribution < -0.4 is 20.5 Å². The lowest BCUT2D eigenvalue weighted by atomic mass is 10.0. The van der Waals surface area contributed by atoms with Gasteiger partial charge in [0.2, 0.25) is 0 Å². The fourth-order valence-corrected chi connectivity index (χ4v) is 2.75. The van der Waals surface area contributed by atoms with Gasteiger partial charge < -0.3 is 10.1 Å². The lowest BCUT2D eigenvalue weighted by Crippen LogP contribution is -2.45. The zero-order valence-electron chi connectivity index (χ0n) is 12.0. The van der Waals surface area contributed by atoms with Gasteiger partial charge in [-0.15, -0.1) is 0 Å². The van der Waals surface area contributed by atoms with E-state index < -0.39 is 5.66 Å². The van der Waals surface area contributed by atoms with Gasteiger partial charge in [-0.2, -0.15) is 5.43 Å². The van der Waals surface area contributed by atoms with Crippen molar-refractivity contribution < 1.29 is 4.74 Å². The molecule has 21 heavy (non-hydrogen) atoms. The van der Waals surface area contributed by atoms with Gasteiger partial charge in [0.25, 0.3) is 0 Å². The van der Waals surface area contributed by atoms with E-state index in [1.165, 1.54) is 0 Å². The number of benzene rings is 2. The van der Waals surface area contributed by atoms with Gasteiger partial charge in [-0.25, -0.2) is 5.01 Å². The van der Waals surface area contributed by atoms with Gasteiger partial charge in [-0.3, -0.25) is 0 Å². The van der Waals surface area contributed by atoms with Crippen LogP contribution in [-0.2, 0) is 5.66 Å². The molecule has 1 aliphatic heterocycles. The Balaban J connectivity index is 1.87. The molecule has 0 unspecified atom stereocenters. The summed E-state index contributed by atoms with van der Waals surface area (Å²) in [5.74, 6) is 0.822. The van der Waals surface area contributed by atoms with Crippen molar-refractivity contribution in [3.05, 3.63) is 60.2 Å². The van der Waals surface area contributed by atoms with E-state index in [4.69, 9.17) is 17.0 Å². The van der Waals surface area contributed by atoms with E-state index >= 15 is 0 Å². The molecule has 0 aliphatic carbocycles. The molecular formula is C16H17N3OS. The Hall–Kier alpha value is -2.11. The van der Waals surface area contributed by atoms with Crippen molar-refractivity contribution in [2.45, 2.75) is 12.6 Å². The smallest absolute Gasteiger partial charge is 0.190 e. The first-order valence-corrected chi connectivity index (χ1v) is 7.13. The summed E-state index contributed by atoms with van der Waals surface area (Å²) in [6.07, 6.45) is 0. The molecule has 3 rings (SSSR count). The van der Waals surface area contributed by atoms with Crippen molar-refractivity contribution in [3.8, 4) is 5.75 Å². The lowest BCUT2D eigenvalue weighted by Gasteiger charge is -2.26. The molecule has 5 heteroatoms. The fourth-order valence-electron chi connectivity index (χ4n) is 2.39. The molecule has 2 aromatic carbocycles. The summed E-state index contributed by atoms with van der Waals surface area (Å²) < 4.78 is 5.18. The predicted molar refractivity (Wildman–Crippen MR) is 88.1 cm³/mol. The summed E-state index contributed by atoms with van der Waals surface area (Å²) in [4.78, 5) is 0. The number of nitrogens with zero attached hydrogens (tertiary/aromatic N) is 1. The van der Waals surface area contributed by atoms with Crippen molar-refractivity contribution in [1.29, 1.82) is 0 Å². The number of thiocarbonyl (C=S) groups is 1. The van der Waals surface area contributed by atoms with Crippen molar-refractivity contribution in [3.63, 3.8) is 0 Å². The molecule has 0 spiro atoms. The zero-order valence-corrected chi connectivity index (χ0v) is 12.8. The highest BCUT2D eigenvalue weighted by molar-refractivity contribution is 7.80. The molecule has 0 saturated carbocycles. The van der Waals surface area contributed by atoms with Crippen molar-refractivity contribution in [1.82, 2.24) is 10.7 Å². The molecule has 0 amide bonds. The number of hydrogen-bond acceptors (Lipinski definition) is 3. The molecule has 0 radical (unpaired) electrons. The third kappa shape index (κ3) is 2.57. The maximum absolute atomic E-state index is 5.45. The lowest BCUT2D eigenvalue weighted by molar-refractivity contribution is 0.389. The van der Waals surface area contributed by atoms with Gasteiger partial charge in [0, 0.05) is 0 Å². The van der Waals surface area contributed by atoms with Crippen LogP contribution >= 0.6 is 12.2 Å². The summed E-state index contributed by atoms with van der Waals surface area (Å²) in [6, 6.07) is 17.9. The molecule has 1 fully saturated rings. The molecule has 1 saturated heterocycles. The zero-order chi connectivity index (χ0) is 14.9. The summed E-state index contributed by atoms with van der Waals surface area (Å²) >= 11 is 5.45. The average Bonchev–Trinajstić information content (AvgIpc) is 2.85. The minimum absolute atomic E-state index is 0.418. The van der Waals surface area contributed by atoms with Crippen LogP contribution in [0.1, 0.15) is 12.5 Å². The molecule has 4 nitrogen and oxygen atoms in total. The van der Waals surface area contributed by atoms with Crippen molar-refractivity contribution >= 4 is 23.0 Å². The third-order valence-electron chi connectivity index (χ3n) is 3.58. The Morgan fingerprint density at radius 2 is 1.71 bits per heavy atom. The Morgan fingerprint density at radius 3 is 2.33 bits per heavy atom. The first kappa shape index (κ1) is 13.9. The van der Waals surface area contributed by atoms with Crippen LogP contribution in [0.25, 0.3) is 0 Å². The highest BCUT2D eigenvalue weighted by atomic mass is 32.1. The second kappa shape index (κ2) is 5.35. The molecule has 0 aromatic heterocycles. The summed E-state index contributed by atoms with van der Waals surface area (Å²) in [6.45, 7) is 2.07. The Morgan fingerprint density at radius 1 is 1.05 bits per heavy atom. The molecule has 2 N–H and O–H groups in total. The van der Waals surface area contributed by atoms with E-state index in [0.29, 0.717) is 5.11 Å². The van der Waals surface area contributed by atoms with E-state index in [9.17, 15) is 0 Å². The Labute approximate surface area is 129 Å². The standard InChI is InChI=1S/C16H17N3OS/c1-16(12-6-4-3-5-7-12)17-15(21)19(18-16)13-8-10-14(20-2)11-9-13/h3-11,18H,1-2H3,(H,17,21)/t16-/m0/s1. The van der Waals surface area contributed by atoms with Crippen LogP contribution in [0.15, 0.2) is 54.6 Å². The predicted octanol–water partition coefficient (Wildman–Crippen LogP) is 2.77. The Kier molecular flexibility index (Phi) is 3.53. The largest absolute Gasteiger partial charge is 0.497 e. The third-order valence-corrected chi connectivity index (χ3v) is 3.86. The SMILES string of the molecule is COc1ccc(N2N[C@@](C)(c3ccccc3)NC2=S)cc1. The minimum Gasteiger partial charge on any atom is -0.497 e. The summed E-state index contributed by atoms with van der Waals surface area (Å²) in [5, 5.41) is 5.86. The fraction of sp³-hybridized carbons (Fsp3) is 0.188. The van der Waals surface area contributed by atoms with Gasteiger partial charge >= 0.3 is 0 Å². The van der Waals surface area contributed by atoms with E-state index in [1.807, 2.05) is 47.5 Å². The van der Waals surface area contributed by atoms with Gasteiger partial charge in [0.15, 0.2) is 5.11 Å². The van der Waals surface area contributed by atoms with Gasteiger partial charge in [-0.1, -0.05) is 30.3 Å². The average molecular weight is 299 g/mol. The molecule has 2 aromatic rings. The maximum atomic E-state index is 5.45. The molecule has 1 atom stereocenters. The Bertz CT molecular complexity index is 644. The highest BCUT2D eigenvalue weighted by Gasteiger charge is 2.37. The second-order valence-corrected chi connectivity index (χ2v) is 5.45. The second-order valence-electron chi connectivity index (χ2n) is 5.07. The van der Waals surface area contributed by atoms with Crippen LogP contribution in [0.5, 0.6) is 5.75 Å². The van der Waals surface area contributed by atoms with Crippen molar-refractivity contribution in [2.24, 2.45) is 0 Å². The number of nitrogens with one attached hydrogen (secondary N) is 2. The summed E-state index contributed by atoms with van der Waals surface area (Å²) in [7, 11) is 1.65. The number of rotatable bonds is 3. The number of anilines is 1. The van der Waals surface area contributed by atoms with Crippen LogP contribution in [0.4, 0.5) is 5.69 Å². The quantitative estimate of drug-likeness (QED) is 0.852. The number of hydrazine groups is 1. The molecule has 108 valence electrons. The number of methoxy groups -OCH3 is 1. The topological polar surface area (TPSA) is 36.5 Å². The number of ether oxygens (including phenoxy) is 1. The van der Waals surface area contributed by atoms with Gasteiger partial charge in [-0.05, 0) is 49.0 Å². The van der Waals surface area contributed by atoms with Gasteiger partial charge in [0.05, 0.1) is 12.8 Å². The first-order valence-electron chi connectivity index (χ1n) is 6.72. The van der Waals surface area contributed by atoms with Crippen LogP contribution in [-0.4, -0.2) is 12.2 Å². The molecule has 0 bridgehead atoms. The first-order chi connectivity index (χ1) is 10.1. The van der Waals surface area contributed by atoms with Crippen LogP contribution in [0, 0.1) is 0 Å². The monoisotopic (exact) mass is 299 g/mol. The minimum atomic E-state index is -0.418. The molecule has 1 heterocycles. The van der Waals surface area contributed by atoms with E-state index in [1.54, 1.807) is 7.11 Å². The van der Waals surface area contributed by atoms with Crippen LogP contribution in [0.3, 0.4) is 0 Å². The van der Waals surface area contributed by atoms with E-state index in [-0.39, 0.29) is 0 Å². The van der Waals surface area contributed by atoms with Gasteiger partial charge in [0.1, 0.15) is 11.4 Å².